The van der Waals surface area contributed by atoms with E-state index in [2.05, 4.69) is 15.6 Å². The van der Waals surface area contributed by atoms with E-state index in [0.717, 1.165) is 21.2 Å². The van der Waals surface area contributed by atoms with E-state index in [9.17, 15) is 4.79 Å². The first kappa shape index (κ1) is 13.7. The largest absolute Gasteiger partial charge is 0.347 e. The van der Waals surface area contributed by atoms with Crippen LogP contribution < -0.4 is 10.6 Å². The van der Waals surface area contributed by atoms with Crippen LogP contribution in [0.1, 0.15) is 28.9 Å². The van der Waals surface area contributed by atoms with Gasteiger partial charge in [0, 0.05) is 23.5 Å². The second kappa shape index (κ2) is 5.35. The number of amides is 1. The maximum atomic E-state index is 12.4. The van der Waals surface area contributed by atoms with Crippen molar-refractivity contribution in [3.63, 3.8) is 0 Å². The van der Waals surface area contributed by atoms with Gasteiger partial charge in [0.2, 0.25) is 0 Å². The fraction of sp³-hybridized carbons (Fsp3) is 0.429. The number of thiazole rings is 1. The van der Waals surface area contributed by atoms with Gasteiger partial charge >= 0.3 is 0 Å². The molecule has 0 saturated carbocycles. The molecule has 0 aromatic carbocycles. The molecule has 2 aromatic heterocycles. The molecule has 2 N–H and O–H groups in total. The Morgan fingerprint density at radius 2 is 2.33 bits per heavy atom. The fourth-order valence-corrected chi connectivity index (χ4v) is 5.09. The second-order valence-electron chi connectivity index (χ2n) is 5.50. The van der Waals surface area contributed by atoms with Crippen molar-refractivity contribution in [3.05, 3.63) is 27.5 Å². The molecule has 1 amide bonds. The average molecular weight is 340 g/mol. The normalized spacial score (nSPS) is 27.2. The number of carbonyl (C=O) groups excluding carboxylic acids is 1. The van der Waals surface area contributed by atoms with Crippen LogP contribution in [0.15, 0.2) is 17.5 Å². The SMILES string of the molecule is O=C(NC1CC2CCC1N2)c1ccc(-c2nc(Cl)cs2)s1. The first-order valence-corrected chi connectivity index (χ1v) is 9.04. The predicted molar refractivity (Wildman–Crippen MR) is 86.3 cm³/mol. The van der Waals surface area contributed by atoms with Gasteiger partial charge in [-0.05, 0) is 31.4 Å². The van der Waals surface area contributed by atoms with Gasteiger partial charge in [0.25, 0.3) is 5.91 Å². The summed E-state index contributed by atoms with van der Waals surface area (Å²) < 4.78 is 0. The number of aromatic nitrogens is 1. The monoisotopic (exact) mass is 339 g/mol. The van der Waals surface area contributed by atoms with Gasteiger partial charge in [0.05, 0.1) is 9.75 Å². The second-order valence-corrected chi connectivity index (χ2v) is 7.83. The van der Waals surface area contributed by atoms with E-state index in [4.69, 9.17) is 11.6 Å². The molecule has 4 nitrogen and oxygen atoms in total. The number of nitrogens with one attached hydrogen (secondary N) is 2. The van der Waals surface area contributed by atoms with E-state index in [0.29, 0.717) is 17.2 Å². The first-order chi connectivity index (χ1) is 10.2. The lowest BCUT2D eigenvalue weighted by Crippen LogP contribution is -2.42. The Labute approximate surface area is 135 Å². The van der Waals surface area contributed by atoms with Crippen molar-refractivity contribution in [2.75, 3.05) is 0 Å². The molecule has 2 aliphatic rings. The van der Waals surface area contributed by atoms with Gasteiger partial charge in [-0.25, -0.2) is 4.98 Å². The van der Waals surface area contributed by atoms with E-state index in [1.54, 1.807) is 5.38 Å². The zero-order valence-electron chi connectivity index (χ0n) is 11.1. The number of rotatable bonds is 3. The maximum absolute atomic E-state index is 12.4. The Morgan fingerprint density at radius 3 is 3.00 bits per heavy atom. The van der Waals surface area contributed by atoms with Gasteiger partial charge in [-0.15, -0.1) is 22.7 Å². The van der Waals surface area contributed by atoms with Gasteiger partial charge in [-0.1, -0.05) is 11.6 Å². The van der Waals surface area contributed by atoms with E-state index in [-0.39, 0.29) is 11.9 Å². The summed E-state index contributed by atoms with van der Waals surface area (Å²) in [5, 5.41) is 9.87. The quantitative estimate of drug-likeness (QED) is 0.903. The zero-order valence-corrected chi connectivity index (χ0v) is 13.5. The highest BCUT2D eigenvalue weighted by Gasteiger charge is 2.39. The van der Waals surface area contributed by atoms with Crippen LogP contribution in [0.5, 0.6) is 0 Å². The molecule has 21 heavy (non-hydrogen) atoms. The molecule has 0 aliphatic carbocycles. The van der Waals surface area contributed by atoms with Crippen molar-refractivity contribution >= 4 is 40.2 Å². The van der Waals surface area contributed by atoms with Crippen LogP contribution in [0.2, 0.25) is 5.15 Å². The standard InChI is InChI=1S/C14H14ClN3OS2/c15-12-6-20-14(18-12)11-4-3-10(21-11)13(19)17-9-5-7-1-2-8(9)16-7/h3-4,6-9,16H,1-2,5H2,(H,17,19). The highest BCUT2D eigenvalue weighted by atomic mass is 35.5. The van der Waals surface area contributed by atoms with Crippen LogP contribution in [0.4, 0.5) is 0 Å². The third-order valence-electron chi connectivity index (χ3n) is 4.13. The number of fused-ring (bicyclic) bond motifs is 2. The molecule has 4 rings (SSSR count). The molecule has 4 heterocycles. The lowest BCUT2D eigenvalue weighted by molar-refractivity contribution is 0.0935. The van der Waals surface area contributed by atoms with Crippen LogP contribution in [-0.2, 0) is 0 Å². The van der Waals surface area contributed by atoms with Gasteiger partial charge in [0.15, 0.2) is 0 Å². The van der Waals surface area contributed by atoms with Crippen LogP contribution in [0.25, 0.3) is 9.88 Å². The molecule has 2 aliphatic heterocycles. The van der Waals surface area contributed by atoms with Gasteiger partial charge < -0.3 is 10.6 Å². The lowest BCUT2D eigenvalue weighted by atomic mass is 9.95. The summed E-state index contributed by atoms with van der Waals surface area (Å²) in [6.07, 6.45) is 3.46. The number of halogens is 1. The van der Waals surface area contributed by atoms with Crippen molar-refractivity contribution < 1.29 is 4.79 Å². The predicted octanol–water partition coefficient (Wildman–Crippen LogP) is 3.15. The lowest BCUT2D eigenvalue weighted by Gasteiger charge is -2.20. The fourth-order valence-electron chi connectivity index (χ4n) is 3.17. The van der Waals surface area contributed by atoms with Gasteiger partial charge in [0.1, 0.15) is 10.2 Å². The summed E-state index contributed by atoms with van der Waals surface area (Å²) in [6, 6.07) is 5.13. The molecule has 7 heteroatoms. The third kappa shape index (κ3) is 2.61. The molecule has 2 bridgehead atoms. The molecule has 0 spiro atoms. The Morgan fingerprint density at radius 1 is 1.43 bits per heavy atom. The molecule has 2 saturated heterocycles. The van der Waals surface area contributed by atoms with Gasteiger partial charge in [-0.3, -0.25) is 4.79 Å². The number of nitrogens with zero attached hydrogens (tertiary/aromatic N) is 1. The van der Waals surface area contributed by atoms with Gasteiger partial charge in [-0.2, -0.15) is 0 Å². The topological polar surface area (TPSA) is 54.0 Å². The average Bonchev–Trinajstić information content (AvgIpc) is 3.22. The van der Waals surface area contributed by atoms with Crippen LogP contribution in [0, 0.1) is 0 Å². The Balaban J connectivity index is 1.46. The molecule has 2 aromatic rings. The minimum Gasteiger partial charge on any atom is -0.347 e. The summed E-state index contributed by atoms with van der Waals surface area (Å²) >= 11 is 8.81. The minimum absolute atomic E-state index is 0.0215. The molecule has 2 fully saturated rings. The minimum atomic E-state index is 0.0215. The number of thiophene rings is 1. The van der Waals surface area contributed by atoms with E-state index < -0.39 is 0 Å². The number of hydrogen-bond acceptors (Lipinski definition) is 5. The van der Waals surface area contributed by atoms with Crippen LogP contribution >= 0.6 is 34.3 Å². The van der Waals surface area contributed by atoms with Crippen LogP contribution in [0.3, 0.4) is 0 Å². The smallest absolute Gasteiger partial charge is 0.261 e. The van der Waals surface area contributed by atoms with Crippen LogP contribution in [-0.4, -0.2) is 29.0 Å². The number of hydrogen-bond donors (Lipinski definition) is 2. The summed E-state index contributed by atoms with van der Waals surface area (Å²) in [7, 11) is 0. The van der Waals surface area contributed by atoms with Crippen molar-refractivity contribution in [3.8, 4) is 9.88 Å². The third-order valence-corrected chi connectivity index (χ3v) is 6.55. The maximum Gasteiger partial charge on any atom is 0.261 e. The summed E-state index contributed by atoms with van der Waals surface area (Å²) in [5.74, 6) is 0.0215. The zero-order chi connectivity index (χ0) is 14.4. The van der Waals surface area contributed by atoms with Crippen molar-refractivity contribution in [2.45, 2.75) is 37.4 Å². The molecule has 3 atom stereocenters. The number of carbonyl (C=O) groups is 1. The van der Waals surface area contributed by atoms with Crippen molar-refractivity contribution in [1.82, 2.24) is 15.6 Å². The first-order valence-electron chi connectivity index (χ1n) is 6.97. The summed E-state index contributed by atoms with van der Waals surface area (Å²) in [4.78, 5) is 18.3. The van der Waals surface area contributed by atoms with Crippen molar-refractivity contribution in [2.24, 2.45) is 0 Å². The highest BCUT2D eigenvalue weighted by Crippen LogP contribution is 2.32. The van der Waals surface area contributed by atoms with E-state index in [1.807, 2.05) is 12.1 Å². The Hall–Kier alpha value is -0.950. The molecule has 3 unspecified atom stereocenters. The molecular weight excluding hydrogens is 326 g/mol. The molecule has 110 valence electrons. The molecule has 0 radical (unpaired) electrons. The Bertz CT molecular complexity index is 683. The Kier molecular flexibility index (Phi) is 3.49. The summed E-state index contributed by atoms with van der Waals surface area (Å²) in [5.41, 5.74) is 0. The summed E-state index contributed by atoms with van der Waals surface area (Å²) in [6.45, 7) is 0. The van der Waals surface area contributed by atoms with E-state index >= 15 is 0 Å². The van der Waals surface area contributed by atoms with E-state index in [1.165, 1.54) is 35.5 Å². The molecular formula is C14H14ClN3OS2. The van der Waals surface area contributed by atoms with Crippen molar-refractivity contribution in [1.29, 1.82) is 0 Å². The highest BCUT2D eigenvalue weighted by molar-refractivity contribution is 7.22.